The van der Waals surface area contributed by atoms with E-state index in [9.17, 15) is 4.79 Å². The minimum atomic E-state index is -0.104. The van der Waals surface area contributed by atoms with Gasteiger partial charge in [-0.15, -0.1) is 0 Å². The predicted octanol–water partition coefficient (Wildman–Crippen LogP) is 4.76. The largest absolute Gasteiger partial charge is 0.380 e. The number of fused-ring (bicyclic) bond motifs is 1. The van der Waals surface area contributed by atoms with Gasteiger partial charge in [0, 0.05) is 12.1 Å². The van der Waals surface area contributed by atoms with E-state index in [1.807, 2.05) is 43.3 Å². The molecule has 112 valence electrons. The van der Waals surface area contributed by atoms with E-state index in [-0.39, 0.29) is 5.56 Å². The summed E-state index contributed by atoms with van der Waals surface area (Å²) in [5.74, 6) is 0. The van der Waals surface area contributed by atoms with Crippen LogP contribution in [-0.2, 0) is 6.54 Å². The summed E-state index contributed by atoms with van der Waals surface area (Å²) in [4.78, 5) is 15.1. The quantitative estimate of drug-likeness (QED) is 0.726. The minimum absolute atomic E-state index is 0.104. The molecular formula is C17H14Cl2N2O. The van der Waals surface area contributed by atoms with E-state index in [0.717, 1.165) is 16.5 Å². The molecule has 3 rings (SSSR count). The standard InChI is InChI=1S/C17H14Cl2N2O/c1-10-4-2-5-11-8-12(17(22)21-16(10)11)9-20-14-7-3-6-13(18)15(14)19/h2-8,20H,9H2,1H3,(H,21,22). The molecule has 2 aromatic carbocycles. The molecule has 0 amide bonds. The molecule has 0 aliphatic rings. The van der Waals surface area contributed by atoms with E-state index in [1.165, 1.54) is 0 Å². The number of aryl methyl sites for hydroxylation is 1. The van der Waals surface area contributed by atoms with Crippen LogP contribution in [0, 0.1) is 6.92 Å². The zero-order valence-corrected chi connectivity index (χ0v) is 13.4. The Morgan fingerprint density at radius 3 is 2.73 bits per heavy atom. The van der Waals surface area contributed by atoms with Gasteiger partial charge < -0.3 is 10.3 Å². The topological polar surface area (TPSA) is 44.9 Å². The Morgan fingerprint density at radius 1 is 1.14 bits per heavy atom. The fraction of sp³-hybridized carbons (Fsp3) is 0.118. The SMILES string of the molecule is Cc1cccc2cc(CNc3cccc(Cl)c3Cl)c(=O)[nH]c12. The number of benzene rings is 2. The molecular weight excluding hydrogens is 319 g/mol. The highest BCUT2D eigenvalue weighted by Crippen LogP contribution is 2.29. The Labute approximate surface area is 137 Å². The van der Waals surface area contributed by atoms with Crippen LogP contribution in [0.25, 0.3) is 10.9 Å². The Balaban J connectivity index is 1.93. The first-order chi connectivity index (χ1) is 10.6. The summed E-state index contributed by atoms with van der Waals surface area (Å²) in [6.07, 6.45) is 0. The van der Waals surface area contributed by atoms with Gasteiger partial charge in [-0.25, -0.2) is 0 Å². The molecule has 0 unspecified atom stereocenters. The van der Waals surface area contributed by atoms with Crippen LogP contribution in [0.2, 0.25) is 10.0 Å². The van der Waals surface area contributed by atoms with Crippen LogP contribution in [0.4, 0.5) is 5.69 Å². The van der Waals surface area contributed by atoms with E-state index in [2.05, 4.69) is 10.3 Å². The Kier molecular flexibility index (Phi) is 4.10. The molecule has 1 heterocycles. The molecule has 5 heteroatoms. The third-order valence-corrected chi connectivity index (χ3v) is 4.40. The third-order valence-electron chi connectivity index (χ3n) is 3.59. The lowest BCUT2D eigenvalue weighted by Crippen LogP contribution is -2.16. The van der Waals surface area contributed by atoms with Crippen molar-refractivity contribution in [3.05, 3.63) is 74.0 Å². The summed E-state index contributed by atoms with van der Waals surface area (Å²) in [7, 11) is 0. The molecule has 2 N–H and O–H groups in total. The maximum absolute atomic E-state index is 12.2. The summed E-state index contributed by atoms with van der Waals surface area (Å²) in [6, 6.07) is 13.2. The molecule has 0 saturated carbocycles. The van der Waals surface area contributed by atoms with Crippen LogP contribution < -0.4 is 10.9 Å². The molecule has 3 nitrogen and oxygen atoms in total. The van der Waals surface area contributed by atoms with Crippen molar-refractivity contribution in [1.82, 2.24) is 4.98 Å². The predicted molar refractivity (Wildman–Crippen MR) is 93.1 cm³/mol. The van der Waals surface area contributed by atoms with E-state index in [4.69, 9.17) is 23.2 Å². The van der Waals surface area contributed by atoms with Crippen molar-refractivity contribution in [2.75, 3.05) is 5.32 Å². The number of H-pyrrole nitrogens is 1. The van der Waals surface area contributed by atoms with Gasteiger partial charge in [0.1, 0.15) is 0 Å². The molecule has 0 radical (unpaired) electrons. The second-order valence-electron chi connectivity index (χ2n) is 5.12. The van der Waals surface area contributed by atoms with Crippen LogP contribution in [0.15, 0.2) is 47.3 Å². The molecule has 0 aliphatic carbocycles. The number of hydrogen-bond acceptors (Lipinski definition) is 2. The van der Waals surface area contributed by atoms with Gasteiger partial charge >= 0.3 is 0 Å². The summed E-state index contributed by atoms with van der Waals surface area (Å²) >= 11 is 12.1. The number of anilines is 1. The molecule has 0 atom stereocenters. The van der Waals surface area contributed by atoms with Crippen molar-refractivity contribution >= 4 is 39.8 Å². The number of hydrogen-bond donors (Lipinski definition) is 2. The van der Waals surface area contributed by atoms with Crippen LogP contribution in [-0.4, -0.2) is 4.98 Å². The lowest BCUT2D eigenvalue weighted by molar-refractivity contribution is 1.09. The third kappa shape index (κ3) is 2.82. The van der Waals surface area contributed by atoms with Crippen molar-refractivity contribution in [3.63, 3.8) is 0 Å². The number of halogens is 2. The lowest BCUT2D eigenvalue weighted by atomic mass is 10.1. The first-order valence-electron chi connectivity index (χ1n) is 6.85. The second kappa shape index (κ2) is 6.03. The van der Waals surface area contributed by atoms with Crippen molar-refractivity contribution < 1.29 is 0 Å². The van der Waals surface area contributed by atoms with Gasteiger partial charge in [0.25, 0.3) is 5.56 Å². The van der Waals surface area contributed by atoms with Crippen LogP contribution >= 0.6 is 23.2 Å². The van der Waals surface area contributed by atoms with Crippen molar-refractivity contribution in [3.8, 4) is 0 Å². The van der Waals surface area contributed by atoms with Gasteiger partial charge in [0.15, 0.2) is 0 Å². The van der Waals surface area contributed by atoms with Gasteiger partial charge in [0.05, 0.1) is 21.2 Å². The summed E-state index contributed by atoms with van der Waals surface area (Å²) in [5, 5.41) is 5.10. The Morgan fingerprint density at radius 2 is 1.91 bits per heavy atom. The zero-order chi connectivity index (χ0) is 15.7. The van der Waals surface area contributed by atoms with Gasteiger partial charge in [-0.1, -0.05) is 47.5 Å². The van der Waals surface area contributed by atoms with Gasteiger partial charge in [-0.05, 0) is 36.1 Å². The van der Waals surface area contributed by atoms with Crippen molar-refractivity contribution in [2.24, 2.45) is 0 Å². The van der Waals surface area contributed by atoms with Crippen molar-refractivity contribution in [2.45, 2.75) is 13.5 Å². The van der Waals surface area contributed by atoms with Crippen LogP contribution in [0.1, 0.15) is 11.1 Å². The van der Waals surface area contributed by atoms with E-state index >= 15 is 0 Å². The number of para-hydroxylation sites is 1. The van der Waals surface area contributed by atoms with Crippen molar-refractivity contribution in [1.29, 1.82) is 0 Å². The fourth-order valence-corrected chi connectivity index (χ4v) is 2.76. The molecule has 22 heavy (non-hydrogen) atoms. The molecule has 0 spiro atoms. The average molecular weight is 333 g/mol. The second-order valence-corrected chi connectivity index (χ2v) is 5.90. The molecule has 0 bridgehead atoms. The number of aromatic amines is 1. The van der Waals surface area contributed by atoms with Crippen LogP contribution in [0.5, 0.6) is 0 Å². The van der Waals surface area contributed by atoms with Gasteiger partial charge in [-0.3, -0.25) is 4.79 Å². The first kappa shape index (κ1) is 14.9. The summed E-state index contributed by atoms with van der Waals surface area (Å²) in [5.41, 5.74) is 3.17. The highest BCUT2D eigenvalue weighted by molar-refractivity contribution is 6.43. The van der Waals surface area contributed by atoms with Crippen LogP contribution in [0.3, 0.4) is 0 Å². The molecule has 3 aromatic rings. The minimum Gasteiger partial charge on any atom is -0.380 e. The monoisotopic (exact) mass is 332 g/mol. The number of rotatable bonds is 3. The highest BCUT2D eigenvalue weighted by Gasteiger charge is 2.07. The van der Waals surface area contributed by atoms with E-state index in [0.29, 0.717) is 27.8 Å². The first-order valence-corrected chi connectivity index (χ1v) is 7.61. The lowest BCUT2D eigenvalue weighted by Gasteiger charge is -2.10. The molecule has 0 fully saturated rings. The smallest absolute Gasteiger partial charge is 0.253 e. The maximum atomic E-state index is 12.2. The maximum Gasteiger partial charge on any atom is 0.253 e. The highest BCUT2D eigenvalue weighted by atomic mass is 35.5. The average Bonchev–Trinajstić information content (AvgIpc) is 2.50. The van der Waals surface area contributed by atoms with E-state index < -0.39 is 0 Å². The normalized spacial score (nSPS) is 10.9. The number of pyridine rings is 1. The van der Waals surface area contributed by atoms with E-state index in [1.54, 1.807) is 6.07 Å². The Hall–Kier alpha value is -1.97. The van der Waals surface area contributed by atoms with Gasteiger partial charge in [0.2, 0.25) is 0 Å². The zero-order valence-electron chi connectivity index (χ0n) is 11.9. The van der Waals surface area contributed by atoms with Gasteiger partial charge in [-0.2, -0.15) is 0 Å². The number of nitrogens with one attached hydrogen (secondary N) is 2. The molecule has 1 aromatic heterocycles. The summed E-state index contributed by atoms with van der Waals surface area (Å²) < 4.78 is 0. The fourth-order valence-electron chi connectivity index (χ4n) is 2.39. The summed E-state index contributed by atoms with van der Waals surface area (Å²) in [6.45, 7) is 2.35. The number of aromatic nitrogens is 1. The Bertz CT molecular complexity index is 903. The molecule has 0 saturated heterocycles. The molecule has 0 aliphatic heterocycles.